The molecule has 16 heavy (non-hydrogen) atoms. The van der Waals surface area contributed by atoms with Gasteiger partial charge in [-0.15, -0.1) is 6.42 Å². The summed E-state index contributed by atoms with van der Waals surface area (Å²) in [5.74, 6) is 2.50. The van der Waals surface area contributed by atoms with E-state index < -0.39 is 5.60 Å². The summed E-state index contributed by atoms with van der Waals surface area (Å²) in [6, 6.07) is -0.229. The van der Waals surface area contributed by atoms with Crippen molar-refractivity contribution in [3.8, 4) is 12.3 Å². The van der Waals surface area contributed by atoms with Crippen LogP contribution in [0.15, 0.2) is 0 Å². The Kier molecular flexibility index (Phi) is 3.95. The number of amides is 1. The van der Waals surface area contributed by atoms with Gasteiger partial charge in [-0.2, -0.15) is 0 Å². The van der Waals surface area contributed by atoms with Gasteiger partial charge in [0.25, 0.3) is 0 Å². The number of nitrogens with zero attached hydrogens (tertiary/aromatic N) is 1. The minimum absolute atomic E-state index is 0.0799. The van der Waals surface area contributed by atoms with Crippen molar-refractivity contribution in [1.29, 1.82) is 0 Å². The van der Waals surface area contributed by atoms with E-state index >= 15 is 0 Å². The molecule has 1 amide bonds. The zero-order chi connectivity index (χ0) is 12.3. The molecule has 1 fully saturated rings. The molecule has 1 heterocycles. The van der Waals surface area contributed by atoms with E-state index in [0.29, 0.717) is 13.1 Å². The van der Waals surface area contributed by atoms with Gasteiger partial charge in [0.05, 0.1) is 18.2 Å². The minimum atomic E-state index is -0.638. The number of nitrogens with one attached hydrogen (secondary N) is 1. The lowest BCUT2D eigenvalue weighted by Gasteiger charge is -2.51. The summed E-state index contributed by atoms with van der Waals surface area (Å²) in [5, 5.41) is 12.7. The number of carbonyl (C=O) groups is 1. The summed E-state index contributed by atoms with van der Waals surface area (Å²) >= 11 is 0. The first-order chi connectivity index (χ1) is 7.40. The van der Waals surface area contributed by atoms with Crippen molar-refractivity contribution in [2.24, 2.45) is 5.92 Å². The van der Waals surface area contributed by atoms with Crippen LogP contribution in [0.25, 0.3) is 0 Å². The number of carbonyl (C=O) groups excluding carboxylic acids is 1. The number of likely N-dealkylation sites (tertiary alicyclic amines) is 1. The Morgan fingerprint density at radius 2 is 2.12 bits per heavy atom. The molecule has 0 radical (unpaired) electrons. The van der Waals surface area contributed by atoms with Gasteiger partial charge in [0.2, 0.25) is 5.91 Å². The molecular formula is C12H20N2O2. The van der Waals surface area contributed by atoms with Crippen LogP contribution in [-0.4, -0.2) is 47.2 Å². The molecular weight excluding hydrogens is 204 g/mol. The second-order valence-electron chi connectivity index (χ2n) is 4.76. The van der Waals surface area contributed by atoms with Crippen molar-refractivity contribution in [2.45, 2.75) is 32.4 Å². The second-order valence-corrected chi connectivity index (χ2v) is 4.76. The predicted molar refractivity (Wildman–Crippen MR) is 62.7 cm³/mol. The Hall–Kier alpha value is -1.05. The number of aliphatic hydroxyl groups is 1. The molecule has 4 heteroatoms. The molecule has 0 aromatic carbocycles. The summed E-state index contributed by atoms with van der Waals surface area (Å²) in [4.78, 5) is 13.5. The zero-order valence-electron chi connectivity index (χ0n) is 10.2. The van der Waals surface area contributed by atoms with Gasteiger partial charge in [-0.1, -0.05) is 19.8 Å². The molecule has 1 atom stereocenters. The van der Waals surface area contributed by atoms with Gasteiger partial charge in [-0.25, -0.2) is 0 Å². The highest BCUT2D eigenvalue weighted by Gasteiger charge is 2.46. The largest absolute Gasteiger partial charge is 0.387 e. The maximum atomic E-state index is 11.6. The lowest BCUT2D eigenvalue weighted by molar-refractivity contribution is -0.153. The summed E-state index contributed by atoms with van der Waals surface area (Å²) in [5.41, 5.74) is -0.638. The van der Waals surface area contributed by atoms with Crippen LogP contribution >= 0.6 is 0 Å². The van der Waals surface area contributed by atoms with Crippen molar-refractivity contribution in [3.05, 3.63) is 0 Å². The van der Waals surface area contributed by atoms with Gasteiger partial charge < -0.3 is 10.4 Å². The molecule has 0 aromatic heterocycles. The topological polar surface area (TPSA) is 52.6 Å². The van der Waals surface area contributed by atoms with Crippen LogP contribution in [0.1, 0.15) is 20.8 Å². The van der Waals surface area contributed by atoms with Crippen molar-refractivity contribution < 1.29 is 9.90 Å². The molecule has 90 valence electrons. The number of hydrogen-bond donors (Lipinski definition) is 2. The molecule has 1 saturated heterocycles. The minimum Gasteiger partial charge on any atom is -0.387 e. The van der Waals surface area contributed by atoms with E-state index in [4.69, 9.17) is 6.42 Å². The fourth-order valence-electron chi connectivity index (χ4n) is 1.75. The van der Waals surface area contributed by atoms with Crippen LogP contribution in [0.2, 0.25) is 0 Å². The van der Waals surface area contributed by atoms with Crippen LogP contribution in [0, 0.1) is 18.3 Å². The normalized spacial score (nSPS) is 21.0. The third kappa shape index (κ3) is 2.55. The molecule has 1 rings (SSSR count). The number of β-amino-alcohol motifs (C(OH)–C–C–N with tert-alkyl or cyclic N) is 1. The smallest absolute Gasteiger partial charge is 0.237 e. The summed E-state index contributed by atoms with van der Waals surface area (Å²) in [6.45, 7) is 7.16. The monoisotopic (exact) mass is 224 g/mol. The van der Waals surface area contributed by atoms with Gasteiger partial charge in [-0.3, -0.25) is 9.69 Å². The first kappa shape index (κ1) is 13.0. The maximum Gasteiger partial charge on any atom is 0.237 e. The molecule has 0 aliphatic carbocycles. The molecule has 1 aliphatic heterocycles. The summed E-state index contributed by atoms with van der Waals surface area (Å²) < 4.78 is 0. The molecule has 0 aromatic rings. The third-order valence-electron chi connectivity index (χ3n) is 3.32. The van der Waals surface area contributed by atoms with E-state index in [1.165, 1.54) is 0 Å². The number of terminal acetylenes is 1. The van der Waals surface area contributed by atoms with Crippen LogP contribution in [-0.2, 0) is 4.79 Å². The fourth-order valence-corrected chi connectivity index (χ4v) is 1.75. The molecule has 0 bridgehead atoms. The van der Waals surface area contributed by atoms with E-state index in [0.717, 1.165) is 0 Å². The highest BCUT2D eigenvalue weighted by Crippen LogP contribution is 2.29. The van der Waals surface area contributed by atoms with E-state index in [1.807, 2.05) is 25.7 Å². The van der Waals surface area contributed by atoms with Gasteiger partial charge in [0, 0.05) is 13.1 Å². The SMILES string of the molecule is C#CCNC(=O)C(C)N1CC(O)(C(C)C)C1. The molecule has 4 nitrogen and oxygen atoms in total. The van der Waals surface area contributed by atoms with Gasteiger partial charge in [0.15, 0.2) is 0 Å². The van der Waals surface area contributed by atoms with Crippen LogP contribution in [0.5, 0.6) is 0 Å². The summed E-state index contributed by atoms with van der Waals surface area (Å²) in [7, 11) is 0. The Bertz CT molecular complexity index is 301. The first-order valence-electron chi connectivity index (χ1n) is 5.58. The zero-order valence-corrected chi connectivity index (χ0v) is 10.2. The van der Waals surface area contributed by atoms with Gasteiger partial charge >= 0.3 is 0 Å². The molecule has 0 saturated carbocycles. The average molecular weight is 224 g/mol. The van der Waals surface area contributed by atoms with E-state index in [2.05, 4.69) is 11.2 Å². The Labute approximate surface area is 97.0 Å². The Morgan fingerprint density at radius 1 is 1.56 bits per heavy atom. The van der Waals surface area contributed by atoms with Crippen molar-refractivity contribution in [1.82, 2.24) is 10.2 Å². The maximum absolute atomic E-state index is 11.6. The molecule has 1 aliphatic rings. The van der Waals surface area contributed by atoms with Crippen LogP contribution in [0.4, 0.5) is 0 Å². The molecule has 1 unspecified atom stereocenters. The molecule has 0 spiro atoms. The lowest BCUT2D eigenvalue weighted by atomic mass is 9.82. The van der Waals surface area contributed by atoms with Crippen LogP contribution in [0.3, 0.4) is 0 Å². The Morgan fingerprint density at radius 3 is 2.56 bits per heavy atom. The number of hydrogen-bond acceptors (Lipinski definition) is 3. The van der Waals surface area contributed by atoms with E-state index in [-0.39, 0.29) is 24.4 Å². The van der Waals surface area contributed by atoms with Crippen molar-refractivity contribution >= 4 is 5.91 Å². The lowest BCUT2D eigenvalue weighted by Crippen LogP contribution is -2.68. The second kappa shape index (κ2) is 4.86. The summed E-state index contributed by atoms with van der Waals surface area (Å²) in [6.07, 6.45) is 5.06. The van der Waals surface area contributed by atoms with Crippen LogP contribution < -0.4 is 5.32 Å². The number of rotatable bonds is 4. The fraction of sp³-hybridized carbons (Fsp3) is 0.750. The van der Waals surface area contributed by atoms with Crippen molar-refractivity contribution in [3.63, 3.8) is 0 Å². The predicted octanol–water partition coefficient (Wildman–Crippen LogP) is -0.173. The average Bonchev–Trinajstić information content (AvgIpc) is 2.19. The third-order valence-corrected chi connectivity index (χ3v) is 3.32. The highest BCUT2D eigenvalue weighted by atomic mass is 16.3. The first-order valence-corrected chi connectivity index (χ1v) is 5.58. The standard InChI is InChI=1S/C12H20N2O2/c1-5-6-13-11(15)10(4)14-7-12(16,8-14)9(2)3/h1,9-10,16H,6-8H2,2-4H3,(H,13,15). The van der Waals surface area contributed by atoms with Gasteiger partial charge in [-0.05, 0) is 12.8 Å². The quantitative estimate of drug-likeness (QED) is 0.652. The Balaban J connectivity index is 2.40. The highest BCUT2D eigenvalue weighted by molar-refractivity contribution is 5.81. The van der Waals surface area contributed by atoms with E-state index in [9.17, 15) is 9.90 Å². The molecule has 2 N–H and O–H groups in total. The van der Waals surface area contributed by atoms with Crippen molar-refractivity contribution in [2.75, 3.05) is 19.6 Å². The van der Waals surface area contributed by atoms with Gasteiger partial charge in [0.1, 0.15) is 0 Å². The van der Waals surface area contributed by atoms with E-state index in [1.54, 1.807) is 0 Å².